The molecule has 21 heavy (non-hydrogen) atoms. The first-order valence-corrected chi connectivity index (χ1v) is 7.80. The van der Waals surface area contributed by atoms with Gasteiger partial charge in [0.05, 0.1) is 12.7 Å². The number of benzene rings is 1. The average Bonchev–Trinajstić information content (AvgIpc) is 2.49. The Morgan fingerprint density at radius 1 is 1.33 bits per heavy atom. The predicted molar refractivity (Wildman–Crippen MR) is 84.3 cm³/mol. The number of para-hydroxylation sites is 1. The van der Waals surface area contributed by atoms with E-state index < -0.39 is 0 Å². The van der Waals surface area contributed by atoms with Gasteiger partial charge in [0, 0.05) is 12.2 Å². The molecule has 1 heterocycles. The molecule has 1 aromatic rings. The first-order valence-electron chi connectivity index (χ1n) is 7.80. The molecule has 0 saturated carbocycles. The zero-order valence-corrected chi connectivity index (χ0v) is 13.0. The van der Waals surface area contributed by atoms with E-state index in [0.29, 0.717) is 13.0 Å². The summed E-state index contributed by atoms with van der Waals surface area (Å²) in [6, 6.07) is 5.88. The molecule has 1 unspecified atom stereocenters. The molecule has 1 aromatic carbocycles. The highest BCUT2D eigenvalue weighted by Crippen LogP contribution is 2.23. The van der Waals surface area contributed by atoms with E-state index in [4.69, 9.17) is 0 Å². The number of nitrogens with zero attached hydrogens (tertiary/aromatic N) is 1. The van der Waals surface area contributed by atoms with Gasteiger partial charge in [-0.25, -0.2) is 0 Å². The minimum Gasteiger partial charge on any atom is -0.324 e. The van der Waals surface area contributed by atoms with E-state index in [-0.39, 0.29) is 18.6 Å². The average molecular weight is 292 g/mol. The van der Waals surface area contributed by atoms with Gasteiger partial charge in [-0.3, -0.25) is 14.1 Å². The van der Waals surface area contributed by atoms with E-state index in [2.05, 4.69) is 10.2 Å². The molecule has 0 aliphatic carbocycles. The second-order valence-electron chi connectivity index (χ2n) is 5.85. The predicted octanol–water partition coefficient (Wildman–Crippen LogP) is 3.46. The fourth-order valence-corrected chi connectivity index (χ4v) is 3.04. The standard InChI is InChI=1S/C17H25FN2O/c1-13-7-5-8-14(2)16(13)19-17(21)15-9-3-4-11-20(15)12-6-10-18/h5,7-8,15H,3-4,6,9-12H2,1-2H3,(H,19,21). The van der Waals surface area contributed by atoms with E-state index in [1.807, 2.05) is 32.0 Å². The maximum Gasteiger partial charge on any atom is 0.241 e. The molecule has 1 N–H and O–H groups in total. The third kappa shape index (κ3) is 4.03. The van der Waals surface area contributed by atoms with Gasteiger partial charge in [0.25, 0.3) is 0 Å². The second-order valence-corrected chi connectivity index (χ2v) is 5.85. The molecule has 3 nitrogen and oxygen atoms in total. The minimum absolute atomic E-state index is 0.0472. The molecule has 0 radical (unpaired) electrons. The molecule has 2 rings (SSSR count). The Morgan fingerprint density at radius 3 is 2.71 bits per heavy atom. The maximum atomic E-state index is 12.6. The van der Waals surface area contributed by atoms with Gasteiger partial charge < -0.3 is 5.32 Å². The van der Waals surface area contributed by atoms with Crippen molar-refractivity contribution < 1.29 is 9.18 Å². The Labute approximate surface area is 126 Å². The van der Waals surface area contributed by atoms with Crippen LogP contribution >= 0.6 is 0 Å². The van der Waals surface area contributed by atoms with Crippen molar-refractivity contribution in [1.82, 2.24) is 4.90 Å². The van der Waals surface area contributed by atoms with Crippen molar-refractivity contribution in [2.75, 3.05) is 25.1 Å². The zero-order chi connectivity index (χ0) is 15.2. The van der Waals surface area contributed by atoms with Crippen LogP contribution in [0, 0.1) is 13.8 Å². The Balaban J connectivity index is 2.07. The largest absolute Gasteiger partial charge is 0.324 e. The van der Waals surface area contributed by atoms with Crippen molar-refractivity contribution in [3.05, 3.63) is 29.3 Å². The van der Waals surface area contributed by atoms with Gasteiger partial charge in [0.15, 0.2) is 0 Å². The van der Waals surface area contributed by atoms with Crippen molar-refractivity contribution in [1.29, 1.82) is 0 Å². The first-order chi connectivity index (χ1) is 10.1. The Bertz CT molecular complexity index is 469. The van der Waals surface area contributed by atoms with Gasteiger partial charge in [-0.15, -0.1) is 0 Å². The quantitative estimate of drug-likeness (QED) is 0.901. The number of nitrogens with one attached hydrogen (secondary N) is 1. The number of carbonyl (C=O) groups excluding carboxylic acids is 1. The van der Waals surface area contributed by atoms with E-state index >= 15 is 0 Å². The van der Waals surface area contributed by atoms with E-state index in [1.54, 1.807) is 0 Å². The molecule has 1 fully saturated rings. The highest BCUT2D eigenvalue weighted by molar-refractivity contribution is 5.96. The Morgan fingerprint density at radius 2 is 2.05 bits per heavy atom. The number of piperidine rings is 1. The van der Waals surface area contributed by atoms with Crippen LogP contribution < -0.4 is 5.32 Å². The van der Waals surface area contributed by atoms with E-state index in [1.165, 1.54) is 0 Å². The fourth-order valence-electron chi connectivity index (χ4n) is 3.04. The second kappa shape index (κ2) is 7.55. The first kappa shape index (κ1) is 16.0. The number of hydrogen-bond acceptors (Lipinski definition) is 2. The van der Waals surface area contributed by atoms with Crippen LogP contribution in [0.25, 0.3) is 0 Å². The lowest BCUT2D eigenvalue weighted by Crippen LogP contribution is -2.47. The summed E-state index contributed by atoms with van der Waals surface area (Å²) in [7, 11) is 0. The third-order valence-corrected chi connectivity index (χ3v) is 4.22. The molecular formula is C17H25FN2O. The molecule has 0 aromatic heterocycles. The number of amides is 1. The Kier molecular flexibility index (Phi) is 5.74. The van der Waals surface area contributed by atoms with Crippen molar-refractivity contribution in [3.8, 4) is 0 Å². The van der Waals surface area contributed by atoms with E-state index in [9.17, 15) is 9.18 Å². The number of likely N-dealkylation sites (tertiary alicyclic amines) is 1. The van der Waals surface area contributed by atoms with Crippen LogP contribution in [0.2, 0.25) is 0 Å². The molecule has 1 aliphatic rings. The van der Waals surface area contributed by atoms with Gasteiger partial charge in [-0.05, 0) is 50.8 Å². The van der Waals surface area contributed by atoms with Crippen LogP contribution in [0.1, 0.15) is 36.8 Å². The van der Waals surface area contributed by atoms with Crippen LogP contribution in [0.15, 0.2) is 18.2 Å². The topological polar surface area (TPSA) is 32.3 Å². The highest BCUT2D eigenvalue weighted by Gasteiger charge is 2.28. The molecule has 1 saturated heterocycles. The normalized spacial score (nSPS) is 19.5. The van der Waals surface area contributed by atoms with Crippen molar-refractivity contribution >= 4 is 11.6 Å². The molecule has 1 amide bonds. The monoisotopic (exact) mass is 292 g/mol. The number of halogens is 1. The molecule has 1 aliphatic heterocycles. The molecular weight excluding hydrogens is 267 g/mol. The van der Waals surface area contributed by atoms with Gasteiger partial charge in [0.1, 0.15) is 0 Å². The van der Waals surface area contributed by atoms with Gasteiger partial charge in [-0.2, -0.15) is 0 Å². The lowest BCUT2D eigenvalue weighted by atomic mass is 10.0. The van der Waals surface area contributed by atoms with Crippen molar-refractivity contribution in [2.24, 2.45) is 0 Å². The summed E-state index contributed by atoms with van der Waals surface area (Å²) < 4.78 is 12.4. The Hall–Kier alpha value is -1.42. The van der Waals surface area contributed by atoms with Gasteiger partial charge >= 0.3 is 0 Å². The zero-order valence-electron chi connectivity index (χ0n) is 13.0. The summed E-state index contributed by atoms with van der Waals surface area (Å²) in [5.74, 6) is 0.0472. The molecule has 4 heteroatoms. The van der Waals surface area contributed by atoms with Crippen LogP contribution in [-0.4, -0.2) is 36.6 Å². The maximum absolute atomic E-state index is 12.6. The van der Waals surface area contributed by atoms with Gasteiger partial charge in [-0.1, -0.05) is 24.6 Å². The number of anilines is 1. The third-order valence-electron chi connectivity index (χ3n) is 4.22. The number of aryl methyl sites for hydroxylation is 2. The number of carbonyl (C=O) groups is 1. The number of alkyl halides is 1. The lowest BCUT2D eigenvalue weighted by molar-refractivity contribution is -0.122. The molecule has 0 bridgehead atoms. The molecule has 0 spiro atoms. The summed E-state index contributed by atoms with van der Waals surface area (Å²) >= 11 is 0. The van der Waals surface area contributed by atoms with Crippen LogP contribution in [0.5, 0.6) is 0 Å². The fraction of sp³-hybridized carbons (Fsp3) is 0.588. The van der Waals surface area contributed by atoms with E-state index in [0.717, 1.165) is 42.6 Å². The van der Waals surface area contributed by atoms with Crippen LogP contribution in [-0.2, 0) is 4.79 Å². The summed E-state index contributed by atoms with van der Waals surface area (Å²) in [4.78, 5) is 14.7. The molecule has 1 atom stereocenters. The highest BCUT2D eigenvalue weighted by atomic mass is 19.1. The van der Waals surface area contributed by atoms with Crippen LogP contribution in [0.4, 0.5) is 10.1 Å². The van der Waals surface area contributed by atoms with Crippen LogP contribution in [0.3, 0.4) is 0 Å². The van der Waals surface area contributed by atoms with Crippen molar-refractivity contribution in [2.45, 2.75) is 45.6 Å². The molecule has 116 valence electrons. The number of hydrogen-bond donors (Lipinski definition) is 1. The summed E-state index contributed by atoms with van der Waals surface area (Å²) in [6.45, 7) is 5.25. The summed E-state index contributed by atoms with van der Waals surface area (Å²) in [6.07, 6.45) is 3.53. The summed E-state index contributed by atoms with van der Waals surface area (Å²) in [5.41, 5.74) is 3.07. The number of rotatable bonds is 5. The summed E-state index contributed by atoms with van der Waals surface area (Å²) in [5, 5.41) is 3.08. The van der Waals surface area contributed by atoms with Crippen molar-refractivity contribution in [3.63, 3.8) is 0 Å². The van der Waals surface area contributed by atoms with Gasteiger partial charge in [0.2, 0.25) is 5.91 Å². The lowest BCUT2D eigenvalue weighted by Gasteiger charge is -2.34. The smallest absolute Gasteiger partial charge is 0.241 e. The minimum atomic E-state index is -0.318. The SMILES string of the molecule is Cc1cccc(C)c1NC(=O)C1CCCCN1CCCF.